The van der Waals surface area contributed by atoms with Crippen LogP contribution in [0, 0.1) is 0 Å². The molecule has 1 aliphatic heterocycles. The molecule has 1 nitrogen and oxygen atoms in total. The second kappa shape index (κ2) is 2.09. The summed E-state index contributed by atoms with van der Waals surface area (Å²) < 4.78 is 0. The van der Waals surface area contributed by atoms with E-state index < -0.39 is 0 Å². The summed E-state index contributed by atoms with van der Waals surface area (Å²) in [6, 6.07) is 0.884. The number of likely N-dealkylation sites (N-methyl/N-ethyl adjacent to an activating group) is 1. The minimum Gasteiger partial charge on any atom is -0.301 e. The molecule has 2 heteroatoms. The van der Waals surface area contributed by atoms with Crippen LogP contribution in [-0.2, 0) is 21.1 Å². The van der Waals surface area contributed by atoms with Crippen LogP contribution in [0.25, 0.3) is 0 Å². The molecule has 0 aromatic carbocycles. The van der Waals surface area contributed by atoms with Crippen molar-refractivity contribution in [1.82, 2.24) is 4.90 Å². The summed E-state index contributed by atoms with van der Waals surface area (Å²) in [5.41, 5.74) is 0. The van der Waals surface area contributed by atoms with Crippen molar-refractivity contribution in [2.75, 3.05) is 13.6 Å². The van der Waals surface area contributed by atoms with E-state index in [1.165, 1.54) is 6.54 Å². The topological polar surface area (TPSA) is 3.01 Å². The fourth-order valence-corrected chi connectivity index (χ4v) is 0.370. The van der Waals surface area contributed by atoms with Gasteiger partial charge in [0.15, 0.2) is 0 Å². The Bertz CT molecular complexity index is 40.8. The van der Waals surface area contributed by atoms with E-state index in [2.05, 4.69) is 18.9 Å². The Morgan fingerprint density at radius 3 is 1.83 bits per heavy atom. The fourth-order valence-electron chi connectivity index (χ4n) is 0.370. The molecule has 0 aromatic heterocycles. The number of nitrogens with zero attached hydrogens (tertiary/aromatic N) is 1. The first-order chi connectivity index (χ1) is 2.30. The van der Waals surface area contributed by atoms with E-state index in [9.17, 15) is 0 Å². The second-order valence-electron chi connectivity index (χ2n) is 1.79. The summed E-state index contributed by atoms with van der Waals surface area (Å²) >= 11 is 0. The predicted molar refractivity (Wildman–Crippen MR) is 22.1 cm³/mol. The number of hydrogen-bond donors (Lipinski definition) is 0. The van der Waals surface area contributed by atoms with Crippen molar-refractivity contribution in [3.05, 3.63) is 0 Å². The van der Waals surface area contributed by atoms with Gasteiger partial charge in [0.05, 0.1) is 0 Å². The Morgan fingerprint density at radius 1 is 1.67 bits per heavy atom. The zero-order valence-corrected chi connectivity index (χ0v) is 6.32. The van der Waals surface area contributed by atoms with Gasteiger partial charge in [0.1, 0.15) is 0 Å². The van der Waals surface area contributed by atoms with Crippen molar-refractivity contribution in [1.29, 1.82) is 0 Å². The van der Waals surface area contributed by atoms with Crippen molar-refractivity contribution in [3.8, 4) is 0 Å². The molecule has 6 heavy (non-hydrogen) atoms. The summed E-state index contributed by atoms with van der Waals surface area (Å²) in [6.07, 6.45) is 0. The van der Waals surface area contributed by atoms with Gasteiger partial charge in [0, 0.05) is 12.6 Å². The van der Waals surface area contributed by atoms with Gasteiger partial charge in [0.25, 0.3) is 0 Å². The van der Waals surface area contributed by atoms with E-state index in [0.29, 0.717) is 0 Å². The van der Waals surface area contributed by atoms with Gasteiger partial charge in [-0.1, -0.05) is 0 Å². The van der Waals surface area contributed by atoms with Crippen LogP contribution in [0.2, 0.25) is 0 Å². The molecule has 38 valence electrons. The van der Waals surface area contributed by atoms with E-state index in [1.54, 1.807) is 0 Å². The third-order valence-electron chi connectivity index (χ3n) is 1.17. The Morgan fingerprint density at radius 2 is 1.83 bits per heavy atom. The monoisotopic (exact) mass is 266 g/mol. The fraction of sp³-hybridized carbons (Fsp3) is 1.00. The Balaban J connectivity index is 0.000000250. The second-order valence-corrected chi connectivity index (χ2v) is 1.79. The third-order valence-corrected chi connectivity index (χ3v) is 1.17. The molecule has 1 saturated heterocycles. The SMILES string of the molecule is CC1CN1C.[Pt+2]. The van der Waals surface area contributed by atoms with Crippen LogP contribution in [0.4, 0.5) is 0 Å². The quantitative estimate of drug-likeness (QED) is 0.571. The molecule has 1 fully saturated rings. The van der Waals surface area contributed by atoms with Crippen LogP contribution in [0.3, 0.4) is 0 Å². The molecule has 0 saturated carbocycles. The Kier molecular flexibility index (Phi) is 2.31. The van der Waals surface area contributed by atoms with E-state index in [-0.39, 0.29) is 21.1 Å². The van der Waals surface area contributed by atoms with Crippen molar-refractivity contribution in [3.63, 3.8) is 0 Å². The summed E-state index contributed by atoms with van der Waals surface area (Å²) in [6.45, 7) is 3.53. The van der Waals surface area contributed by atoms with Gasteiger partial charge in [-0.05, 0) is 14.0 Å². The zero-order valence-electron chi connectivity index (χ0n) is 4.05. The maximum Gasteiger partial charge on any atom is 2.00 e. The van der Waals surface area contributed by atoms with Crippen LogP contribution >= 0.6 is 0 Å². The minimum absolute atomic E-state index is 0. The van der Waals surface area contributed by atoms with Gasteiger partial charge in [-0.15, -0.1) is 0 Å². The van der Waals surface area contributed by atoms with E-state index in [1.807, 2.05) is 0 Å². The molecule has 0 amide bonds. The first kappa shape index (κ1) is 6.65. The zero-order chi connectivity index (χ0) is 3.86. The van der Waals surface area contributed by atoms with Crippen LogP contribution in [0.1, 0.15) is 6.92 Å². The summed E-state index contributed by atoms with van der Waals surface area (Å²) in [4.78, 5) is 2.29. The normalized spacial score (nSPS) is 41.0. The molecule has 0 bridgehead atoms. The Hall–Kier alpha value is 0.648. The summed E-state index contributed by atoms with van der Waals surface area (Å²) in [7, 11) is 2.13. The van der Waals surface area contributed by atoms with Gasteiger partial charge in [-0.3, -0.25) is 0 Å². The third kappa shape index (κ3) is 1.40. The van der Waals surface area contributed by atoms with E-state index in [4.69, 9.17) is 0 Å². The average Bonchev–Trinajstić information content (AvgIpc) is 1.79. The van der Waals surface area contributed by atoms with Gasteiger partial charge in [0.2, 0.25) is 0 Å². The molecule has 0 N–H and O–H groups in total. The van der Waals surface area contributed by atoms with Crippen molar-refractivity contribution in [2.24, 2.45) is 0 Å². The van der Waals surface area contributed by atoms with Gasteiger partial charge in [-0.25, -0.2) is 0 Å². The standard InChI is InChI=1S/C4H9N.Pt/c1-4-3-5(4)2;/h4H,3H2,1-2H3;/q;+2. The predicted octanol–water partition coefficient (Wildman–Crippen LogP) is 0.318. The first-order valence-corrected chi connectivity index (χ1v) is 2.01. The molecule has 2 unspecified atom stereocenters. The largest absolute Gasteiger partial charge is 2.00 e. The molecule has 0 aromatic rings. The van der Waals surface area contributed by atoms with Crippen molar-refractivity contribution in [2.45, 2.75) is 13.0 Å². The van der Waals surface area contributed by atoms with Crippen molar-refractivity contribution >= 4 is 0 Å². The number of rotatable bonds is 0. The number of hydrogen-bond acceptors (Lipinski definition) is 1. The van der Waals surface area contributed by atoms with E-state index >= 15 is 0 Å². The van der Waals surface area contributed by atoms with Crippen LogP contribution in [0.5, 0.6) is 0 Å². The molecule has 2 atom stereocenters. The van der Waals surface area contributed by atoms with Gasteiger partial charge in [-0.2, -0.15) is 0 Å². The van der Waals surface area contributed by atoms with Gasteiger partial charge < -0.3 is 4.90 Å². The molecule has 1 rings (SSSR count). The van der Waals surface area contributed by atoms with Crippen molar-refractivity contribution < 1.29 is 21.1 Å². The van der Waals surface area contributed by atoms with E-state index in [0.717, 1.165) is 6.04 Å². The molecule has 0 spiro atoms. The summed E-state index contributed by atoms with van der Waals surface area (Å²) in [5.74, 6) is 0. The smallest absolute Gasteiger partial charge is 0.301 e. The molecule has 0 radical (unpaired) electrons. The van der Waals surface area contributed by atoms with Crippen LogP contribution in [0.15, 0.2) is 0 Å². The molecular formula is C4H9NPt+2. The Labute approximate surface area is 53.0 Å². The average molecular weight is 266 g/mol. The maximum atomic E-state index is 2.29. The minimum atomic E-state index is 0. The maximum absolute atomic E-state index is 2.29. The first-order valence-electron chi connectivity index (χ1n) is 2.01. The van der Waals surface area contributed by atoms with Crippen LogP contribution < -0.4 is 0 Å². The van der Waals surface area contributed by atoms with Gasteiger partial charge >= 0.3 is 21.1 Å². The molecular weight excluding hydrogens is 257 g/mol. The summed E-state index contributed by atoms with van der Waals surface area (Å²) in [5, 5.41) is 0. The molecule has 1 heterocycles. The van der Waals surface area contributed by atoms with Crippen LogP contribution in [-0.4, -0.2) is 24.5 Å². The molecule has 1 aliphatic rings. The molecule has 0 aliphatic carbocycles.